The van der Waals surface area contributed by atoms with Gasteiger partial charge in [0.2, 0.25) is 0 Å². The monoisotopic (exact) mass is 222 g/mol. The maximum atomic E-state index is 11.6. The van der Waals surface area contributed by atoms with E-state index in [0.717, 1.165) is 16.8 Å². The molecule has 16 heavy (non-hydrogen) atoms. The zero-order chi connectivity index (χ0) is 12.1. The third-order valence-electron chi connectivity index (χ3n) is 2.40. The van der Waals surface area contributed by atoms with Gasteiger partial charge < -0.3 is 15.5 Å². The lowest BCUT2D eigenvalue weighted by molar-refractivity contribution is 0.0519. The number of nitrogens with two attached hydrogens (primary N) is 1. The summed E-state index contributed by atoms with van der Waals surface area (Å²) in [5.74, 6) is -0.310. The fourth-order valence-corrected chi connectivity index (χ4v) is 1.61. The Morgan fingerprint density at radius 1 is 1.50 bits per heavy atom. The fraction of sp³-hybridized carbons (Fsp3) is 0.417. The van der Waals surface area contributed by atoms with E-state index in [4.69, 9.17) is 10.5 Å². The molecular weight excluding hydrogens is 204 g/mol. The second kappa shape index (κ2) is 5.51. The Morgan fingerprint density at radius 3 is 2.75 bits per heavy atom. The minimum atomic E-state index is -0.310. The van der Waals surface area contributed by atoms with E-state index in [1.165, 1.54) is 0 Å². The number of aromatic nitrogens is 1. The summed E-state index contributed by atoms with van der Waals surface area (Å²) in [7, 11) is 0. The molecule has 4 nitrogen and oxygen atoms in total. The van der Waals surface area contributed by atoms with E-state index in [-0.39, 0.29) is 5.97 Å². The highest BCUT2D eigenvalue weighted by atomic mass is 16.5. The summed E-state index contributed by atoms with van der Waals surface area (Å²) in [6.45, 7) is 6.47. The zero-order valence-electron chi connectivity index (χ0n) is 9.96. The molecule has 0 atom stereocenters. The summed E-state index contributed by atoms with van der Waals surface area (Å²) < 4.78 is 4.96. The number of aryl methyl sites for hydroxylation is 1. The SMILES string of the molecule is CCOC(=O)c1[nH]c(C)c(C=CCN)c1C. The van der Waals surface area contributed by atoms with Crippen LogP contribution in [0.1, 0.15) is 34.2 Å². The molecule has 88 valence electrons. The minimum absolute atomic E-state index is 0.310. The third-order valence-corrected chi connectivity index (χ3v) is 2.40. The molecule has 4 heteroatoms. The third kappa shape index (κ3) is 2.52. The number of aromatic amines is 1. The summed E-state index contributed by atoms with van der Waals surface area (Å²) >= 11 is 0. The molecule has 0 bridgehead atoms. The molecule has 1 aromatic rings. The Bertz CT molecular complexity index is 405. The highest BCUT2D eigenvalue weighted by molar-refractivity contribution is 5.90. The molecule has 0 spiro atoms. The van der Waals surface area contributed by atoms with Gasteiger partial charge in [-0.1, -0.05) is 12.2 Å². The van der Waals surface area contributed by atoms with Crippen LogP contribution in [-0.2, 0) is 4.74 Å². The predicted molar refractivity (Wildman–Crippen MR) is 64.3 cm³/mol. The number of carbonyl (C=O) groups is 1. The number of nitrogens with one attached hydrogen (secondary N) is 1. The molecule has 0 aliphatic rings. The van der Waals surface area contributed by atoms with Gasteiger partial charge in [0.15, 0.2) is 0 Å². The average Bonchev–Trinajstić information content (AvgIpc) is 2.53. The lowest BCUT2D eigenvalue weighted by Crippen LogP contribution is -2.06. The van der Waals surface area contributed by atoms with Gasteiger partial charge in [-0.2, -0.15) is 0 Å². The van der Waals surface area contributed by atoms with E-state index >= 15 is 0 Å². The molecule has 0 saturated heterocycles. The van der Waals surface area contributed by atoms with Gasteiger partial charge in [-0.15, -0.1) is 0 Å². The van der Waals surface area contributed by atoms with Crippen LogP contribution in [0.3, 0.4) is 0 Å². The van der Waals surface area contributed by atoms with E-state index in [0.29, 0.717) is 18.8 Å². The molecule has 0 unspecified atom stereocenters. The van der Waals surface area contributed by atoms with Gasteiger partial charge >= 0.3 is 5.97 Å². The normalized spacial score (nSPS) is 11.0. The van der Waals surface area contributed by atoms with Gasteiger partial charge in [-0.25, -0.2) is 4.79 Å². The predicted octanol–water partition coefficient (Wildman–Crippen LogP) is 1.78. The Kier molecular flexibility index (Phi) is 4.31. The number of carbonyl (C=O) groups excluding carboxylic acids is 1. The lowest BCUT2D eigenvalue weighted by Gasteiger charge is -2.00. The van der Waals surface area contributed by atoms with Gasteiger partial charge in [-0.05, 0) is 31.9 Å². The number of hydrogen-bond acceptors (Lipinski definition) is 3. The summed E-state index contributed by atoms with van der Waals surface area (Å²) in [5, 5.41) is 0. The molecule has 1 heterocycles. The Labute approximate surface area is 95.5 Å². The molecule has 0 saturated carbocycles. The second-order valence-corrected chi connectivity index (χ2v) is 3.52. The summed E-state index contributed by atoms with van der Waals surface area (Å²) in [5.41, 5.74) is 8.79. The van der Waals surface area contributed by atoms with Crippen molar-refractivity contribution >= 4 is 12.0 Å². The zero-order valence-corrected chi connectivity index (χ0v) is 9.96. The Hall–Kier alpha value is -1.55. The van der Waals surface area contributed by atoms with Crippen LogP contribution in [0.15, 0.2) is 6.08 Å². The van der Waals surface area contributed by atoms with Crippen LogP contribution in [0.2, 0.25) is 0 Å². The largest absolute Gasteiger partial charge is 0.461 e. The van der Waals surface area contributed by atoms with Gasteiger partial charge in [0, 0.05) is 12.2 Å². The van der Waals surface area contributed by atoms with Crippen molar-refractivity contribution in [1.82, 2.24) is 4.98 Å². The first-order valence-corrected chi connectivity index (χ1v) is 5.34. The smallest absolute Gasteiger partial charge is 0.355 e. The quantitative estimate of drug-likeness (QED) is 0.763. The first-order valence-electron chi connectivity index (χ1n) is 5.34. The van der Waals surface area contributed by atoms with Crippen molar-refractivity contribution in [2.24, 2.45) is 5.73 Å². The van der Waals surface area contributed by atoms with Gasteiger partial charge in [0.1, 0.15) is 5.69 Å². The number of esters is 1. The maximum Gasteiger partial charge on any atom is 0.355 e. The number of H-pyrrole nitrogens is 1. The highest BCUT2D eigenvalue weighted by Gasteiger charge is 2.16. The molecular formula is C12H18N2O2. The first kappa shape index (κ1) is 12.5. The van der Waals surface area contributed by atoms with Crippen LogP contribution in [0.4, 0.5) is 0 Å². The molecule has 3 N–H and O–H groups in total. The van der Waals surface area contributed by atoms with Crippen LogP contribution in [-0.4, -0.2) is 24.1 Å². The van der Waals surface area contributed by atoms with Crippen molar-refractivity contribution in [1.29, 1.82) is 0 Å². The molecule has 0 aromatic carbocycles. The van der Waals surface area contributed by atoms with E-state index in [1.807, 2.05) is 26.0 Å². The second-order valence-electron chi connectivity index (χ2n) is 3.52. The lowest BCUT2D eigenvalue weighted by atomic mass is 10.1. The van der Waals surface area contributed by atoms with Crippen LogP contribution in [0.25, 0.3) is 6.08 Å². The number of hydrogen-bond donors (Lipinski definition) is 2. The van der Waals surface area contributed by atoms with Crippen LogP contribution in [0.5, 0.6) is 0 Å². The van der Waals surface area contributed by atoms with Crippen LogP contribution >= 0.6 is 0 Å². The van der Waals surface area contributed by atoms with Crippen molar-refractivity contribution in [2.75, 3.05) is 13.2 Å². The van der Waals surface area contributed by atoms with Gasteiger partial charge in [-0.3, -0.25) is 0 Å². The van der Waals surface area contributed by atoms with Crippen molar-refractivity contribution in [3.63, 3.8) is 0 Å². The van der Waals surface area contributed by atoms with Gasteiger partial charge in [0.25, 0.3) is 0 Å². The Morgan fingerprint density at radius 2 is 2.19 bits per heavy atom. The first-order chi connectivity index (χ1) is 7.61. The average molecular weight is 222 g/mol. The van der Waals surface area contributed by atoms with Crippen molar-refractivity contribution in [3.8, 4) is 0 Å². The van der Waals surface area contributed by atoms with Crippen LogP contribution < -0.4 is 5.73 Å². The molecule has 0 fully saturated rings. The molecule has 0 radical (unpaired) electrons. The maximum absolute atomic E-state index is 11.6. The highest BCUT2D eigenvalue weighted by Crippen LogP contribution is 2.19. The standard InChI is InChI=1S/C12H18N2O2/c1-4-16-12(15)11-8(2)10(6-5-7-13)9(3)14-11/h5-6,14H,4,7,13H2,1-3H3. The Balaban J connectivity index is 3.06. The van der Waals surface area contributed by atoms with Gasteiger partial charge in [0.05, 0.1) is 6.61 Å². The molecule has 1 aromatic heterocycles. The van der Waals surface area contributed by atoms with Crippen molar-refractivity contribution in [2.45, 2.75) is 20.8 Å². The van der Waals surface area contributed by atoms with Crippen LogP contribution in [0, 0.1) is 13.8 Å². The number of rotatable bonds is 4. The molecule has 1 rings (SSSR count). The van der Waals surface area contributed by atoms with Crippen molar-refractivity contribution in [3.05, 3.63) is 28.6 Å². The topological polar surface area (TPSA) is 68.1 Å². The van der Waals surface area contributed by atoms with E-state index < -0.39 is 0 Å². The fourth-order valence-electron chi connectivity index (χ4n) is 1.61. The molecule has 0 aliphatic carbocycles. The summed E-state index contributed by atoms with van der Waals surface area (Å²) in [4.78, 5) is 14.6. The summed E-state index contributed by atoms with van der Waals surface area (Å²) in [6.07, 6.45) is 3.78. The molecule has 0 aliphatic heterocycles. The van der Waals surface area contributed by atoms with Crippen molar-refractivity contribution < 1.29 is 9.53 Å². The number of ether oxygens (including phenoxy) is 1. The summed E-state index contributed by atoms with van der Waals surface area (Å²) in [6, 6.07) is 0. The van der Waals surface area contributed by atoms with E-state index in [9.17, 15) is 4.79 Å². The molecule has 0 amide bonds. The minimum Gasteiger partial charge on any atom is -0.461 e. The van der Waals surface area contributed by atoms with E-state index in [1.54, 1.807) is 6.92 Å². The van der Waals surface area contributed by atoms with E-state index in [2.05, 4.69) is 4.98 Å².